The van der Waals surface area contributed by atoms with Gasteiger partial charge in [0.1, 0.15) is 0 Å². The van der Waals surface area contributed by atoms with Gasteiger partial charge in [-0.3, -0.25) is 0 Å². The Morgan fingerprint density at radius 1 is 1.55 bits per heavy atom. The summed E-state index contributed by atoms with van der Waals surface area (Å²) in [6.07, 6.45) is 3.62. The normalized spacial score (nSPS) is 10.5. The van der Waals surface area contributed by atoms with Crippen molar-refractivity contribution in [1.82, 2.24) is 4.98 Å². The van der Waals surface area contributed by atoms with Crippen LogP contribution in [0.4, 0.5) is 0 Å². The predicted octanol–water partition coefficient (Wildman–Crippen LogP) is 3.56. The van der Waals surface area contributed by atoms with Crippen molar-refractivity contribution >= 4 is 27.3 Å². The third-order valence-corrected chi connectivity index (χ3v) is 3.10. The number of thiazole rings is 1. The molecule has 0 aliphatic rings. The molecule has 0 amide bonds. The Morgan fingerprint density at radius 3 is 2.73 bits per heavy atom. The van der Waals surface area contributed by atoms with E-state index >= 15 is 0 Å². The Bertz CT molecular complexity index is 232. The summed E-state index contributed by atoms with van der Waals surface area (Å²) in [5, 5.41) is 0. The maximum Gasteiger partial charge on any atom is 0.159 e. The molecule has 62 valence electrons. The smallest absolute Gasteiger partial charge is 0.159 e. The van der Waals surface area contributed by atoms with E-state index in [1.807, 2.05) is 0 Å². The summed E-state index contributed by atoms with van der Waals surface area (Å²) in [6.45, 7) is 4.34. The highest BCUT2D eigenvalue weighted by Gasteiger charge is 2.03. The first-order chi connectivity index (χ1) is 5.24. The molecule has 0 atom stereocenters. The van der Waals surface area contributed by atoms with Crippen molar-refractivity contribution in [3.8, 4) is 0 Å². The quantitative estimate of drug-likeness (QED) is 0.779. The van der Waals surface area contributed by atoms with Gasteiger partial charge in [0, 0.05) is 4.88 Å². The SMILES string of the molecule is CCCCc1nc(Br)sc1C. The van der Waals surface area contributed by atoms with E-state index in [1.54, 1.807) is 11.3 Å². The van der Waals surface area contributed by atoms with Crippen molar-refractivity contribution in [3.05, 3.63) is 14.5 Å². The van der Waals surface area contributed by atoms with Crippen LogP contribution in [0.25, 0.3) is 0 Å². The molecule has 0 N–H and O–H groups in total. The van der Waals surface area contributed by atoms with Gasteiger partial charge in [-0.05, 0) is 35.7 Å². The van der Waals surface area contributed by atoms with E-state index < -0.39 is 0 Å². The number of halogens is 1. The number of hydrogen-bond donors (Lipinski definition) is 0. The minimum absolute atomic E-state index is 1.01. The van der Waals surface area contributed by atoms with Crippen LogP contribution in [-0.2, 0) is 6.42 Å². The van der Waals surface area contributed by atoms with Crippen molar-refractivity contribution in [3.63, 3.8) is 0 Å². The Hall–Kier alpha value is 0.110. The van der Waals surface area contributed by atoms with E-state index in [9.17, 15) is 0 Å². The van der Waals surface area contributed by atoms with Crippen molar-refractivity contribution < 1.29 is 0 Å². The second-order valence-corrected chi connectivity index (χ2v) is 5.05. The largest absolute Gasteiger partial charge is 0.234 e. The van der Waals surface area contributed by atoms with Crippen LogP contribution in [0.5, 0.6) is 0 Å². The minimum atomic E-state index is 1.01. The summed E-state index contributed by atoms with van der Waals surface area (Å²) < 4.78 is 1.01. The Balaban J connectivity index is 2.62. The van der Waals surface area contributed by atoms with E-state index in [1.165, 1.54) is 23.4 Å². The average molecular weight is 234 g/mol. The van der Waals surface area contributed by atoms with Crippen molar-refractivity contribution in [2.45, 2.75) is 33.1 Å². The molecule has 0 aromatic carbocycles. The molecule has 0 aliphatic carbocycles. The highest BCUT2D eigenvalue weighted by atomic mass is 79.9. The number of aromatic nitrogens is 1. The fourth-order valence-corrected chi connectivity index (χ4v) is 2.59. The number of hydrogen-bond acceptors (Lipinski definition) is 2. The molecule has 0 fully saturated rings. The fraction of sp³-hybridized carbons (Fsp3) is 0.625. The van der Waals surface area contributed by atoms with Crippen LogP contribution in [0.1, 0.15) is 30.3 Å². The molecule has 1 aromatic heterocycles. The van der Waals surface area contributed by atoms with Crippen molar-refractivity contribution in [2.24, 2.45) is 0 Å². The third-order valence-electron chi connectivity index (χ3n) is 1.63. The average Bonchev–Trinajstić information content (AvgIpc) is 2.26. The van der Waals surface area contributed by atoms with Crippen molar-refractivity contribution in [2.75, 3.05) is 0 Å². The zero-order valence-electron chi connectivity index (χ0n) is 6.85. The lowest BCUT2D eigenvalue weighted by Gasteiger charge is -1.93. The topological polar surface area (TPSA) is 12.9 Å². The van der Waals surface area contributed by atoms with Gasteiger partial charge in [-0.25, -0.2) is 4.98 Å². The van der Waals surface area contributed by atoms with Crippen LogP contribution in [-0.4, -0.2) is 4.98 Å². The molecule has 1 nitrogen and oxygen atoms in total. The number of rotatable bonds is 3. The molecule has 0 aliphatic heterocycles. The number of nitrogens with zero attached hydrogens (tertiary/aromatic N) is 1. The van der Waals surface area contributed by atoms with Crippen LogP contribution >= 0.6 is 27.3 Å². The number of unbranched alkanes of at least 4 members (excludes halogenated alkanes) is 1. The summed E-state index contributed by atoms with van der Waals surface area (Å²) >= 11 is 5.11. The second-order valence-electron chi connectivity index (χ2n) is 2.57. The lowest BCUT2D eigenvalue weighted by molar-refractivity contribution is 0.776. The van der Waals surface area contributed by atoms with Crippen LogP contribution < -0.4 is 0 Å². The van der Waals surface area contributed by atoms with E-state index in [-0.39, 0.29) is 0 Å². The molecule has 11 heavy (non-hydrogen) atoms. The van der Waals surface area contributed by atoms with Gasteiger partial charge in [0.25, 0.3) is 0 Å². The predicted molar refractivity (Wildman–Crippen MR) is 53.2 cm³/mol. The molecular formula is C8H12BrNS. The van der Waals surface area contributed by atoms with Gasteiger partial charge in [0.2, 0.25) is 0 Å². The van der Waals surface area contributed by atoms with Gasteiger partial charge >= 0.3 is 0 Å². The van der Waals surface area contributed by atoms with Crippen LogP contribution in [0.2, 0.25) is 0 Å². The highest BCUT2D eigenvalue weighted by molar-refractivity contribution is 9.11. The van der Waals surface area contributed by atoms with Crippen molar-refractivity contribution in [1.29, 1.82) is 0 Å². The molecule has 0 spiro atoms. The van der Waals surface area contributed by atoms with Gasteiger partial charge in [-0.2, -0.15) is 0 Å². The van der Waals surface area contributed by atoms with E-state index in [0.717, 1.165) is 10.3 Å². The van der Waals surface area contributed by atoms with Gasteiger partial charge in [-0.1, -0.05) is 13.3 Å². The molecule has 0 unspecified atom stereocenters. The molecule has 0 radical (unpaired) electrons. The lowest BCUT2D eigenvalue weighted by Crippen LogP contribution is -1.86. The van der Waals surface area contributed by atoms with Gasteiger partial charge in [0.15, 0.2) is 3.92 Å². The van der Waals surface area contributed by atoms with Gasteiger partial charge in [0.05, 0.1) is 5.69 Å². The summed E-state index contributed by atoms with van der Waals surface area (Å²) in [5.41, 5.74) is 1.27. The maximum atomic E-state index is 4.38. The molecule has 3 heteroatoms. The summed E-state index contributed by atoms with van der Waals surface area (Å²) in [5.74, 6) is 0. The maximum absolute atomic E-state index is 4.38. The van der Waals surface area contributed by atoms with Gasteiger partial charge < -0.3 is 0 Å². The first-order valence-electron chi connectivity index (χ1n) is 3.86. The Morgan fingerprint density at radius 2 is 2.27 bits per heavy atom. The van der Waals surface area contributed by atoms with Gasteiger partial charge in [-0.15, -0.1) is 11.3 Å². The van der Waals surface area contributed by atoms with E-state index in [2.05, 4.69) is 34.8 Å². The van der Waals surface area contributed by atoms with Crippen LogP contribution in [0, 0.1) is 6.92 Å². The molecule has 1 rings (SSSR count). The van der Waals surface area contributed by atoms with Crippen LogP contribution in [0.3, 0.4) is 0 Å². The molecule has 1 heterocycles. The molecule has 0 saturated heterocycles. The standard InChI is InChI=1S/C8H12BrNS/c1-3-4-5-7-6(2)11-8(9)10-7/h3-5H2,1-2H3. The minimum Gasteiger partial charge on any atom is -0.234 e. The summed E-state index contributed by atoms with van der Waals surface area (Å²) in [7, 11) is 0. The lowest BCUT2D eigenvalue weighted by atomic mass is 10.2. The first-order valence-corrected chi connectivity index (χ1v) is 5.46. The first kappa shape index (κ1) is 9.20. The Labute approximate surface area is 80.0 Å². The molecular weight excluding hydrogens is 222 g/mol. The van der Waals surface area contributed by atoms with Crippen LogP contribution in [0.15, 0.2) is 3.92 Å². The van der Waals surface area contributed by atoms with E-state index in [0.29, 0.717) is 0 Å². The highest BCUT2D eigenvalue weighted by Crippen LogP contribution is 2.23. The monoisotopic (exact) mass is 233 g/mol. The molecule has 1 aromatic rings. The molecule has 0 bridgehead atoms. The second kappa shape index (κ2) is 4.21. The Kier molecular flexibility index (Phi) is 3.52. The zero-order chi connectivity index (χ0) is 8.27. The van der Waals surface area contributed by atoms with E-state index in [4.69, 9.17) is 0 Å². The number of aryl methyl sites for hydroxylation is 2. The summed E-state index contributed by atoms with van der Waals surface area (Å²) in [4.78, 5) is 5.74. The summed E-state index contributed by atoms with van der Waals surface area (Å²) in [6, 6.07) is 0. The zero-order valence-corrected chi connectivity index (χ0v) is 9.26. The third kappa shape index (κ3) is 2.56. The fourth-order valence-electron chi connectivity index (χ4n) is 0.969. The molecule has 0 saturated carbocycles.